The summed E-state index contributed by atoms with van der Waals surface area (Å²) in [5, 5.41) is 7.13. The third-order valence-electron chi connectivity index (χ3n) is 6.64. The van der Waals surface area contributed by atoms with Crippen molar-refractivity contribution in [2.24, 2.45) is 5.10 Å². The highest BCUT2D eigenvalue weighted by atomic mass is 16.5. The van der Waals surface area contributed by atoms with Gasteiger partial charge in [-0.15, -0.1) is 0 Å². The number of rotatable bonds is 11. The molecule has 0 aromatic heterocycles. The molecule has 1 aliphatic heterocycles. The number of unbranched alkanes of at least 4 members (excludes halogenated alkanes) is 1. The maximum Gasteiger partial charge on any atom is 0.126 e. The van der Waals surface area contributed by atoms with Crippen LogP contribution in [0.2, 0.25) is 0 Å². The van der Waals surface area contributed by atoms with Crippen molar-refractivity contribution >= 4 is 17.5 Å². The molecule has 6 heteroatoms. The van der Waals surface area contributed by atoms with Crippen molar-refractivity contribution in [3.05, 3.63) is 83.4 Å². The Morgan fingerprint density at radius 1 is 0.811 bits per heavy atom. The maximum atomic E-state index is 5.74. The van der Waals surface area contributed by atoms with Crippen LogP contribution in [0.4, 0.5) is 5.69 Å². The first-order valence-corrected chi connectivity index (χ1v) is 12.7. The van der Waals surface area contributed by atoms with Crippen LogP contribution >= 0.6 is 0 Å². The summed E-state index contributed by atoms with van der Waals surface area (Å²) in [4.78, 5) is 0. The van der Waals surface area contributed by atoms with E-state index in [9.17, 15) is 0 Å². The van der Waals surface area contributed by atoms with Gasteiger partial charge in [0, 0.05) is 17.5 Å². The minimum atomic E-state index is -0.0432. The van der Waals surface area contributed by atoms with Crippen molar-refractivity contribution in [1.29, 1.82) is 0 Å². The molecule has 1 heterocycles. The van der Waals surface area contributed by atoms with Crippen molar-refractivity contribution in [3.8, 4) is 23.0 Å². The number of anilines is 1. The molecule has 4 rings (SSSR count). The van der Waals surface area contributed by atoms with Crippen LogP contribution in [0.1, 0.15) is 48.9 Å². The van der Waals surface area contributed by atoms with Gasteiger partial charge in [0.2, 0.25) is 0 Å². The Balaban J connectivity index is 1.70. The zero-order chi connectivity index (χ0) is 26.2. The molecule has 1 atom stereocenters. The van der Waals surface area contributed by atoms with E-state index in [0.29, 0.717) is 6.42 Å². The Labute approximate surface area is 220 Å². The predicted octanol–water partition coefficient (Wildman–Crippen LogP) is 7.08. The lowest BCUT2D eigenvalue weighted by atomic mass is 9.99. The summed E-state index contributed by atoms with van der Waals surface area (Å²) < 4.78 is 22.2. The van der Waals surface area contributed by atoms with Crippen LogP contribution in [0, 0.1) is 0 Å². The van der Waals surface area contributed by atoms with Crippen LogP contribution < -0.4 is 24.0 Å². The van der Waals surface area contributed by atoms with E-state index in [2.05, 4.69) is 36.2 Å². The topological polar surface area (TPSA) is 52.5 Å². The van der Waals surface area contributed by atoms with Crippen molar-refractivity contribution in [1.82, 2.24) is 0 Å². The highest BCUT2D eigenvalue weighted by molar-refractivity contribution is 6.01. The Morgan fingerprint density at radius 3 is 2.14 bits per heavy atom. The van der Waals surface area contributed by atoms with E-state index in [4.69, 9.17) is 24.0 Å². The monoisotopic (exact) mass is 500 g/mol. The molecule has 0 saturated heterocycles. The molecule has 0 fully saturated rings. The summed E-state index contributed by atoms with van der Waals surface area (Å²) in [5.74, 6) is 3.15. The van der Waals surface area contributed by atoms with Crippen molar-refractivity contribution in [2.45, 2.75) is 38.6 Å². The quantitative estimate of drug-likeness (QED) is 0.281. The van der Waals surface area contributed by atoms with Crippen LogP contribution in [-0.2, 0) is 6.42 Å². The Hall–Kier alpha value is -3.93. The molecule has 0 saturated carbocycles. The molecule has 0 amide bonds. The molecule has 0 spiro atoms. The normalized spacial score (nSPS) is 15.1. The second kappa shape index (κ2) is 12.3. The number of hydrogen-bond donors (Lipinski definition) is 0. The fraction of sp³-hybridized carbons (Fsp3) is 0.323. The summed E-state index contributed by atoms with van der Waals surface area (Å²) in [6, 6.07) is 20.3. The molecular weight excluding hydrogens is 464 g/mol. The molecule has 6 nitrogen and oxygen atoms in total. The van der Waals surface area contributed by atoms with E-state index in [-0.39, 0.29) is 6.04 Å². The molecule has 1 unspecified atom stereocenters. The van der Waals surface area contributed by atoms with Crippen LogP contribution in [0.25, 0.3) is 6.08 Å². The van der Waals surface area contributed by atoms with Gasteiger partial charge in [0.25, 0.3) is 0 Å². The van der Waals surface area contributed by atoms with E-state index in [1.54, 1.807) is 28.4 Å². The maximum absolute atomic E-state index is 5.74. The van der Waals surface area contributed by atoms with E-state index < -0.39 is 0 Å². The standard InChI is InChI=1S/C31H36N2O4/c1-6-7-8-22-9-13-25(14-10-22)33-29(28-21-27(35-3)16-18-31(28)37-5)20-24(32-33)12-11-23-19-26(34-2)15-17-30(23)36-4/h9-19,21,29H,6-8,20H2,1-5H3. The second-order valence-electron chi connectivity index (χ2n) is 8.97. The number of nitrogens with zero attached hydrogens (tertiary/aromatic N) is 2. The van der Waals surface area contributed by atoms with Gasteiger partial charge >= 0.3 is 0 Å². The zero-order valence-electron chi connectivity index (χ0n) is 22.4. The first-order valence-electron chi connectivity index (χ1n) is 12.7. The second-order valence-corrected chi connectivity index (χ2v) is 8.97. The number of benzene rings is 3. The fourth-order valence-electron chi connectivity index (χ4n) is 4.57. The lowest BCUT2D eigenvalue weighted by Crippen LogP contribution is -2.19. The van der Waals surface area contributed by atoms with Gasteiger partial charge in [-0.05, 0) is 79.1 Å². The van der Waals surface area contributed by atoms with Crippen LogP contribution in [0.3, 0.4) is 0 Å². The van der Waals surface area contributed by atoms with Crippen molar-refractivity contribution in [3.63, 3.8) is 0 Å². The summed E-state index contributed by atoms with van der Waals surface area (Å²) in [6.45, 7) is 2.22. The van der Waals surface area contributed by atoms with Crippen molar-refractivity contribution in [2.75, 3.05) is 33.4 Å². The minimum absolute atomic E-state index is 0.0432. The van der Waals surface area contributed by atoms with E-state index in [1.807, 2.05) is 48.6 Å². The molecular formula is C31H36N2O4. The van der Waals surface area contributed by atoms with Gasteiger partial charge < -0.3 is 18.9 Å². The number of hydrogen-bond acceptors (Lipinski definition) is 6. The Bertz CT molecular complexity index is 1250. The number of methoxy groups -OCH3 is 4. The molecule has 3 aromatic carbocycles. The van der Waals surface area contributed by atoms with Gasteiger partial charge in [-0.1, -0.05) is 25.5 Å². The van der Waals surface area contributed by atoms with Gasteiger partial charge in [0.05, 0.1) is 45.9 Å². The third kappa shape index (κ3) is 6.08. The molecule has 194 valence electrons. The molecule has 0 aliphatic carbocycles. The first kappa shape index (κ1) is 26.1. The lowest BCUT2D eigenvalue weighted by Gasteiger charge is -2.26. The molecule has 0 N–H and O–H groups in total. The van der Waals surface area contributed by atoms with E-state index in [1.165, 1.54) is 18.4 Å². The summed E-state index contributed by atoms with van der Waals surface area (Å²) in [5.41, 5.74) is 5.30. The number of hydrazone groups is 1. The Kier molecular flexibility index (Phi) is 8.72. The number of aryl methyl sites for hydroxylation is 1. The molecule has 3 aromatic rings. The van der Waals surface area contributed by atoms with Gasteiger partial charge in [-0.3, -0.25) is 5.01 Å². The van der Waals surface area contributed by atoms with Crippen LogP contribution in [0.5, 0.6) is 23.0 Å². The minimum Gasteiger partial charge on any atom is -0.497 e. The number of ether oxygens (including phenoxy) is 4. The van der Waals surface area contributed by atoms with E-state index >= 15 is 0 Å². The number of allylic oxidation sites excluding steroid dienone is 1. The van der Waals surface area contributed by atoms with Gasteiger partial charge in [0.1, 0.15) is 23.0 Å². The summed E-state index contributed by atoms with van der Waals surface area (Å²) in [6.07, 6.45) is 8.24. The smallest absolute Gasteiger partial charge is 0.126 e. The SMILES string of the molecule is CCCCc1ccc(N2N=C(C=Cc3cc(OC)ccc3OC)CC2c2cc(OC)ccc2OC)cc1. The largest absolute Gasteiger partial charge is 0.497 e. The van der Waals surface area contributed by atoms with Crippen molar-refractivity contribution < 1.29 is 18.9 Å². The first-order chi connectivity index (χ1) is 18.1. The summed E-state index contributed by atoms with van der Waals surface area (Å²) in [7, 11) is 6.71. The van der Waals surface area contributed by atoms with E-state index in [0.717, 1.165) is 51.9 Å². The fourth-order valence-corrected chi connectivity index (χ4v) is 4.57. The Morgan fingerprint density at radius 2 is 1.49 bits per heavy atom. The molecule has 0 bridgehead atoms. The van der Waals surface area contributed by atoms with Crippen LogP contribution in [-0.4, -0.2) is 34.2 Å². The molecule has 1 aliphatic rings. The molecule has 37 heavy (non-hydrogen) atoms. The average molecular weight is 501 g/mol. The predicted molar refractivity (Wildman–Crippen MR) is 150 cm³/mol. The highest BCUT2D eigenvalue weighted by Crippen LogP contribution is 2.41. The van der Waals surface area contributed by atoms with Gasteiger partial charge in [-0.25, -0.2) is 0 Å². The summed E-state index contributed by atoms with van der Waals surface area (Å²) >= 11 is 0. The third-order valence-corrected chi connectivity index (χ3v) is 6.64. The average Bonchev–Trinajstić information content (AvgIpc) is 3.38. The zero-order valence-corrected chi connectivity index (χ0v) is 22.4. The highest BCUT2D eigenvalue weighted by Gasteiger charge is 2.31. The van der Waals surface area contributed by atoms with Crippen LogP contribution in [0.15, 0.2) is 71.8 Å². The van der Waals surface area contributed by atoms with Gasteiger partial charge in [0.15, 0.2) is 0 Å². The van der Waals surface area contributed by atoms with Gasteiger partial charge in [-0.2, -0.15) is 5.10 Å². The lowest BCUT2D eigenvalue weighted by molar-refractivity contribution is 0.395. The molecule has 0 radical (unpaired) electrons.